The van der Waals surface area contributed by atoms with Crippen molar-refractivity contribution in [3.8, 4) is 0 Å². The molecule has 1 aromatic carbocycles. The molecule has 0 saturated heterocycles. The van der Waals surface area contributed by atoms with Crippen molar-refractivity contribution in [2.75, 3.05) is 11.9 Å². The van der Waals surface area contributed by atoms with Crippen LogP contribution >= 0.6 is 0 Å². The molecule has 3 rings (SSSR count). The van der Waals surface area contributed by atoms with Gasteiger partial charge < -0.3 is 10.6 Å². The zero-order chi connectivity index (χ0) is 14.1. The van der Waals surface area contributed by atoms with Crippen LogP contribution in [0.3, 0.4) is 0 Å². The maximum atomic E-state index is 13.0. The molecule has 3 nitrogen and oxygen atoms in total. The monoisotopic (exact) mass is 278 g/mol. The number of carbonyl (C=O) groups excluding carboxylic acids is 1. The maximum absolute atomic E-state index is 13.0. The van der Waals surface area contributed by atoms with Crippen molar-refractivity contribution in [1.29, 1.82) is 0 Å². The molecule has 0 spiro atoms. The van der Waals surface area contributed by atoms with Crippen LogP contribution in [0.25, 0.3) is 0 Å². The summed E-state index contributed by atoms with van der Waals surface area (Å²) < 4.78 is 25.8. The lowest BCUT2D eigenvalue weighted by molar-refractivity contribution is -0.115. The predicted molar refractivity (Wildman–Crippen MR) is 72.1 cm³/mol. The minimum absolute atomic E-state index is 0.181. The summed E-state index contributed by atoms with van der Waals surface area (Å²) in [5.41, 5.74) is 0.267. The Hall–Kier alpha value is -1.75. The molecular formula is C15H16F2N2O. The summed E-state index contributed by atoms with van der Waals surface area (Å²) >= 11 is 0. The normalized spacial score (nSPS) is 27.0. The molecular weight excluding hydrogens is 262 g/mol. The summed E-state index contributed by atoms with van der Waals surface area (Å²) in [7, 11) is 0. The van der Waals surface area contributed by atoms with Crippen LogP contribution in [0.5, 0.6) is 0 Å². The van der Waals surface area contributed by atoms with Gasteiger partial charge in [0.05, 0.1) is 6.54 Å². The fourth-order valence-corrected chi connectivity index (χ4v) is 2.95. The Bertz CT molecular complexity index is 559. The van der Waals surface area contributed by atoms with E-state index in [1.165, 1.54) is 6.07 Å². The Balaban J connectivity index is 1.47. The molecule has 0 aromatic heterocycles. The van der Waals surface area contributed by atoms with Crippen molar-refractivity contribution in [2.24, 2.45) is 11.8 Å². The Labute approximate surface area is 116 Å². The quantitative estimate of drug-likeness (QED) is 0.831. The molecule has 1 aromatic rings. The number of allylic oxidation sites excluding steroid dienone is 1. The zero-order valence-corrected chi connectivity index (χ0v) is 10.9. The van der Waals surface area contributed by atoms with Gasteiger partial charge in [0, 0.05) is 17.8 Å². The molecule has 0 aliphatic heterocycles. The highest BCUT2D eigenvalue weighted by Gasteiger charge is 2.40. The molecule has 2 N–H and O–H groups in total. The smallest absolute Gasteiger partial charge is 0.238 e. The molecule has 0 bridgehead atoms. The third-order valence-corrected chi connectivity index (χ3v) is 4.09. The Morgan fingerprint density at radius 3 is 2.90 bits per heavy atom. The summed E-state index contributed by atoms with van der Waals surface area (Å²) in [5, 5.41) is 5.75. The molecule has 1 amide bonds. The second kappa shape index (κ2) is 5.32. The van der Waals surface area contributed by atoms with Crippen molar-refractivity contribution in [3.05, 3.63) is 42.0 Å². The number of hydrogen-bond acceptors (Lipinski definition) is 2. The van der Waals surface area contributed by atoms with E-state index in [0.717, 1.165) is 30.9 Å². The number of benzene rings is 1. The lowest BCUT2D eigenvalue weighted by Crippen LogP contribution is -2.50. The van der Waals surface area contributed by atoms with Crippen molar-refractivity contribution >= 4 is 11.6 Å². The molecule has 5 heteroatoms. The first-order valence-corrected chi connectivity index (χ1v) is 6.78. The van der Waals surface area contributed by atoms with E-state index in [0.29, 0.717) is 12.0 Å². The van der Waals surface area contributed by atoms with Gasteiger partial charge in [0.25, 0.3) is 0 Å². The Kier molecular flexibility index (Phi) is 3.53. The minimum Gasteiger partial charge on any atom is -0.325 e. The molecule has 1 fully saturated rings. The lowest BCUT2D eigenvalue weighted by atomic mass is 9.71. The van der Waals surface area contributed by atoms with Crippen LogP contribution in [0.2, 0.25) is 0 Å². The first-order chi connectivity index (χ1) is 9.63. The van der Waals surface area contributed by atoms with E-state index in [1.54, 1.807) is 0 Å². The SMILES string of the molecule is O=C(CN[C@@H]1C[C@@H]2CC=C[C@@H]21)Nc1ccc(F)c(F)c1. The second-order valence-electron chi connectivity index (χ2n) is 5.40. The van der Waals surface area contributed by atoms with E-state index in [2.05, 4.69) is 22.8 Å². The minimum atomic E-state index is -0.964. The molecule has 3 atom stereocenters. The summed E-state index contributed by atoms with van der Waals surface area (Å²) in [5.74, 6) is -0.849. The van der Waals surface area contributed by atoms with Crippen molar-refractivity contribution in [1.82, 2.24) is 5.32 Å². The number of halogens is 2. The van der Waals surface area contributed by atoms with Crippen LogP contribution in [0.4, 0.5) is 14.5 Å². The molecule has 20 heavy (non-hydrogen) atoms. The van der Waals surface area contributed by atoms with Gasteiger partial charge in [-0.1, -0.05) is 12.2 Å². The van der Waals surface area contributed by atoms with Gasteiger partial charge in [-0.25, -0.2) is 8.78 Å². The Morgan fingerprint density at radius 2 is 2.15 bits per heavy atom. The molecule has 0 radical (unpaired) electrons. The van der Waals surface area contributed by atoms with E-state index >= 15 is 0 Å². The Morgan fingerprint density at radius 1 is 1.30 bits per heavy atom. The number of anilines is 1. The highest BCUT2D eigenvalue weighted by molar-refractivity contribution is 5.92. The number of hydrogen-bond donors (Lipinski definition) is 2. The first-order valence-electron chi connectivity index (χ1n) is 6.78. The molecule has 2 aliphatic rings. The van der Waals surface area contributed by atoms with Gasteiger partial charge in [0.1, 0.15) is 0 Å². The summed E-state index contributed by atoms with van der Waals surface area (Å²) in [6.45, 7) is 0.181. The van der Waals surface area contributed by atoms with E-state index < -0.39 is 11.6 Å². The predicted octanol–water partition coefficient (Wildman–Crippen LogP) is 2.46. The number of rotatable bonds is 4. The van der Waals surface area contributed by atoms with Gasteiger partial charge in [0.2, 0.25) is 5.91 Å². The number of amides is 1. The number of nitrogens with one attached hydrogen (secondary N) is 2. The third kappa shape index (κ3) is 2.58. The first kappa shape index (κ1) is 13.2. The molecule has 0 heterocycles. The standard InChI is InChI=1S/C15H16F2N2O/c16-12-5-4-10(7-13(12)17)19-15(20)8-18-14-6-9-2-1-3-11(9)14/h1,3-5,7,9,11,14,18H,2,6,8H2,(H,19,20)/t9-,11-,14+/m0/s1. The van der Waals surface area contributed by atoms with Crippen LogP contribution in [-0.2, 0) is 4.79 Å². The topological polar surface area (TPSA) is 41.1 Å². The van der Waals surface area contributed by atoms with Crippen LogP contribution < -0.4 is 10.6 Å². The van der Waals surface area contributed by atoms with E-state index in [9.17, 15) is 13.6 Å². The second-order valence-corrected chi connectivity index (χ2v) is 5.40. The largest absolute Gasteiger partial charge is 0.325 e. The van der Waals surface area contributed by atoms with Gasteiger partial charge in [-0.3, -0.25) is 4.79 Å². The van der Waals surface area contributed by atoms with Crippen molar-refractivity contribution in [2.45, 2.75) is 18.9 Å². The molecule has 1 saturated carbocycles. The van der Waals surface area contributed by atoms with Gasteiger partial charge in [-0.15, -0.1) is 0 Å². The third-order valence-electron chi connectivity index (χ3n) is 4.09. The van der Waals surface area contributed by atoms with Crippen LogP contribution in [0.1, 0.15) is 12.8 Å². The van der Waals surface area contributed by atoms with Gasteiger partial charge in [-0.2, -0.15) is 0 Å². The fourth-order valence-electron chi connectivity index (χ4n) is 2.95. The number of carbonyl (C=O) groups is 1. The molecule has 0 unspecified atom stereocenters. The number of fused-ring (bicyclic) bond motifs is 1. The van der Waals surface area contributed by atoms with Crippen molar-refractivity contribution < 1.29 is 13.6 Å². The van der Waals surface area contributed by atoms with Crippen LogP contribution in [-0.4, -0.2) is 18.5 Å². The average molecular weight is 278 g/mol. The highest BCUT2D eigenvalue weighted by Crippen LogP contribution is 2.42. The highest BCUT2D eigenvalue weighted by atomic mass is 19.2. The van der Waals surface area contributed by atoms with E-state index in [1.807, 2.05) is 0 Å². The summed E-state index contributed by atoms with van der Waals surface area (Å²) in [4.78, 5) is 11.7. The fraction of sp³-hybridized carbons (Fsp3) is 0.400. The van der Waals surface area contributed by atoms with Gasteiger partial charge >= 0.3 is 0 Å². The maximum Gasteiger partial charge on any atom is 0.238 e. The van der Waals surface area contributed by atoms with Crippen LogP contribution in [0.15, 0.2) is 30.4 Å². The molecule has 106 valence electrons. The van der Waals surface area contributed by atoms with Crippen molar-refractivity contribution in [3.63, 3.8) is 0 Å². The zero-order valence-electron chi connectivity index (χ0n) is 10.9. The van der Waals surface area contributed by atoms with Crippen LogP contribution in [0, 0.1) is 23.5 Å². The summed E-state index contributed by atoms with van der Waals surface area (Å²) in [6.07, 6.45) is 6.64. The molecule has 2 aliphatic carbocycles. The van der Waals surface area contributed by atoms with Gasteiger partial charge in [-0.05, 0) is 36.8 Å². The van der Waals surface area contributed by atoms with Gasteiger partial charge in [0.15, 0.2) is 11.6 Å². The van der Waals surface area contributed by atoms with E-state index in [4.69, 9.17) is 0 Å². The summed E-state index contributed by atoms with van der Waals surface area (Å²) in [6, 6.07) is 3.68. The van der Waals surface area contributed by atoms with E-state index in [-0.39, 0.29) is 18.1 Å². The average Bonchev–Trinajstić information content (AvgIpc) is 2.76. The lowest BCUT2D eigenvalue weighted by Gasteiger charge is -2.40.